The Morgan fingerprint density at radius 1 is 0.800 bits per heavy atom. The van der Waals surface area contributed by atoms with Crippen molar-refractivity contribution in [3.63, 3.8) is 0 Å². The van der Waals surface area contributed by atoms with E-state index in [1.165, 1.54) is 11.3 Å². The molecule has 0 atom stereocenters. The topological polar surface area (TPSA) is 21.3 Å². The molecular weight excluding hydrogens is 306 g/mol. The molecule has 2 aromatic carbocycles. The van der Waals surface area contributed by atoms with Gasteiger partial charge in [-0.1, -0.05) is 48.5 Å². The fourth-order valence-corrected chi connectivity index (χ4v) is 4.83. The molecule has 2 heteroatoms. The van der Waals surface area contributed by atoms with Crippen LogP contribution < -0.4 is 5.32 Å². The Kier molecular flexibility index (Phi) is 4.92. The van der Waals surface area contributed by atoms with E-state index < -0.39 is 0 Å². The molecule has 0 aromatic heterocycles. The molecule has 0 radical (unpaired) electrons. The van der Waals surface area contributed by atoms with E-state index in [1.54, 1.807) is 0 Å². The fourth-order valence-electron chi connectivity index (χ4n) is 4.83. The van der Waals surface area contributed by atoms with Gasteiger partial charge in [0.2, 0.25) is 0 Å². The van der Waals surface area contributed by atoms with E-state index in [0.717, 1.165) is 25.8 Å². The molecule has 3 rings (SSSR count). The van der Waals surface area contributed by atoms with Crippen molar-refractivity contribution in [1.29, 1.82) is 0 Å². The van der Waals surface area contributed by atoms with Crippen molar-refractivity contribution in [3.05, 3.63) is 66.2 Å². The summed E-state index contributed by atoms with van der Waals surface area (Å²) in [6, 6.07) is 21.5. The van der Waals surface area contributed by atoms with E-state index in [1.807, 2.05) is 0 Å². The molecule has 1 heterocycles. The van der Waals surface area contributed by atoms with Crippen molar-refractivity contribution in [2.75, 3.05) is 11.9 Å². The van der Waals surface area contributed by atoms with Crippen LogP contribution in [0.4, 0.5) is 5.69 Å². The van der Waals surface area contributed by atoms with Crippen LogP contribution in [0.3, 0.4) is 0 Å². The smallest absolute Gasteiger partial charge is 0.0642 e. The average Bonchev–Trinajstić information content (AvgIpc) is 2.54. The minimum atomic E-state index is -0.121. The number of para-hydroxylation sites is 1. The number of hydrogen-bond donors (Lipinski definition) is 1. The van der Waals surface area contributed by atoms with Gasteiger partial charge in [0.05, 0.1) is 11.2 Å². The van der Waals surface area contributed by atoms with Crippen LogP contribution in [0.15, 0.2) is 60.7 Å². The van der Waals surface area contributed by atoms with Gasteiger partial charge in [0.15, 0.2) is 0 Å². The standard InChI is InChI=1S/C23H31NO/c1-21(2)17-23(18-22(3,4)25-21,19-11-7-5-8-12-19)15-16-24-20-13-9-6-10-14-20/h5-14,24H,15-18H2,1-4H3. The number of hydrogen-bond acceptors (Lipinski definition) is 2. The first-order valence-electron chi connectivity index (χ1n) is 9.35. The third kappa shape index (κ3) is 4.43. The van der Waals surface area contributed by atoms with E-state index in [4.69, 9.17) is 4.74 Å². The average molecular weight is 338 g/mol. The molecule has 0 amide bonds. The van der Waals surface area contributed by atoms with Crippen LogP contribution in [0.5, 0.6) is 0 Å². The number of benzene rings is 2. The summed E-state index contributed by atoms with van der Waals surface area (Å²) in [5, 5.41) is 3.60. The molecule has 0 spiro atoms. The third-order valence-corrected chi connectivity index (χ3v) is 5.17. The second-order valence-electron chi connectivity index (χ2n) is 8.66. The van der Waals surface area contributed by atoms with Gasteiger partial charge >= 0.3 is 0 Å². The maximum Gasteiger partial charge on any atom is 0.0642 e. The second kappa shape index (κ2) is 6.84. The maximum absolute atomic E-state index is 6.38. The van der Waals surface area contributed by atoms with Gasteiger partial charge < -0.3 is 10.1 Å². The number of nitrogens with one attached hydrogen (secondary N) is 1. The first-order chi connectivity index (χ1) is 11.8. The molecule has 0 bridgehead atoms. The van der Waals surface area contributed by atoms with Gasteiger partial charge in [0, 0.05) is 17.6 Å². The van der Waals surface area contributed by atoms with E-state index >= 15 is 0 Å². The number of ether oxygens (including phenoxy) is 1. The Morgan fingerprint density at radius 2 is 1.32 bits per heavy atom. The number of anilines is 1. The molecule has 1 fully saturated rings. The molecule has 1 N–H and O–H groups in total. The fraction of sp³-hybridized carbons (Fsp3) is 0.478. The van der Waals surface area contributed by atoms with E-state index in [9.17, 15) is 0 Å². The van der Waals surface area contributed by atoms with Crippen LogP contribution >= 0.6 is 0 Å². The largest absolute Gasteiger partial charge is 0.385 e. The SMILES string of the molecule is CC1(C)CC(CCNc2ccccc2)(c2ccccc2)CC(C)(C)O1. The molecule has 0 unspecified atom stereocenters. The second-order valence-corrected chi connectivity index (χ2v) is 8.66. The number of rotatable bonds is 5. The lowest BCUT2D eigenvalue weighted by molar-refractivity contribution is -0.180. The van der Waals surface area contributed by atoms with Crippen LogP contribution in [0.2, 0.25) is 0 Å². The van der Waals surface area contributed by atoms with Crippen molar-refractivity contribution < 1.29 is 4.74 Å². The summed E-state index contributed by atoms with van der Waals surface area (Å²) in [5.41, 5.74) is 2.52. The Morgan fingerprint density at radius 3 is 1.88 bits per heavy atom. The van der Waals surface area contributed by atoms with Gasteiger partial charge in [-0.3, -0.25) is 0 Å². The third-order valence-electron chi connectivity index (χ3n) is 5.17. The molecule has 2 nitrogen and oxygen atoms in total. The van der Waals surface area contributed by atoms with Gasteiger partial charge in [0.25, 0.3) is 0 Å². The van der Waals surface area contributed by atoms with Gasteiger partial charge in [0.1, 0.15) is 0 Å². The molecule has 0 saturated carbocycles. The highest BCUT2D eigenvalue weighted by Gasteiger charge is 2.48. The zero-order valence-corrected chi connectivity index (χ0v) is 16.0. The Hall–Kier alpha value is -1.80. The van der Waals surface area contributed by atoms with E-state index in [2.05, 4.69) is 93.7 Å². The quantitative estimate of drug-likeness (QED) is 0.745. The zero-order chi connectivity index (χ0) is 18.0. The summed E-state index contributed by atoms with van der Waals surface area (Å²) >= 11 is 0. The van der Waals surface area contributed by atoms with Gasteiger partial charge in [-0.15, -0.1) is 0 Å². The molecule has 1 saturated heterocycles. The first-order valence-corrected chi connectivity index (χ1v) is 9.35. The van der Waals surface area contributed by atoms with Crippen molar-refractivity contribution in [2.24, 2.45) is 0 Å². The Bertz CT molecular complexity index is 660. The summed E-state index contributed by atoms with van der Waals surface area (Å²) in [6.45, 7) is 9.89. The van der Waals surface area contributed by atoms with Gasteiger partial charge in [-0.05, 0) is 64.7 Å². The van der Waals surface area contributed by atoms with E-state index in [-0.39, 0.29) is 16.6 Å². The van der Waals surface area contributed by atoms with Crippen LogP contribution in [-0.4, -0.2) is 17.7 Å². The van der Waals surface area contributed by atoms with E-state index in [0.29, 0.717) is 0 Å². The minimum Gasteiger partial charge on any atom is -0.385 e. The summed E-state index contributed by atoms with van der Waals surface area (Å²) in [4.78, 5) is 0. The Balaban J connectivity index is 1.85. The predicted octanol–water partition coefficient (Wildman–Crippen LogP) is 5.79. The monoisotopic (exact) mass is 337 g/mol. The van der Waals surface area contributed by atoms with Crippen molar-refractivity contribution in [3.8, 4) is 0 Å². The van der Waals surface area contributed by atoms with Crippen LogP contribution in [0.1, 0.15) is 52.5 Å². The zero-order valence-electron chi connectivity index (χ0n) is 16.0. The molecule has 1 aliphatic rings. The molecule has 1 aliphatic heterocycles. The van der Waals surface area contributed by atoms with Crippen molar-refractivity contribution >= 4 is 5.69 Å². The van der Waals surface area contributed by atoms with Crippen molar-refractivity contribution in [1.82, 2.24) is 0 Å². The van der Waals surface area contributed by atoms with Crippen molar-refractivity contribution in [2.45, 2.75) is 63.6 Å². The van der Waals surface area contributed by atoms with Gasteiger partial charge in [-0.25, -0.2) is 0 Å². The maximum atomic E-state index is 6.38. The lowest BCUT2D eigenvalue weighted by Gasteiger charge is -2.52. The van der Waals surface area contributed by atoms with Crippen LogP contribution in [-0.2, 0) is 10.2 Å². The molecule has 0 aliphatic carbocycles. The van der Waals surface area contributed by atoms with Crippen LogP contribution in [0, 0.1) is 0 Å². The molecule has 2 aromatic rings. The predicted molar refractivity (Wildman–Crippen MR) is 106 cm³/mol. The summed E-state index contributed by atoms with van der Waals surface area (Å²) in [6.07, 6.45) is 3.19. The molecule has 25 heavy (non-hydrogen) atoms. The summed E-state index contributed by atoms with van der Waals surface area (Å²) in [7, 11) is 0. The Labute approximate surface area is 152 Å². The summed E-state index contributed by atoms with van der Waals surface area (Å²) in [5.74, 6) is 0. The highest BCUT2D eigenvalue weighted by atomic mass is 16.5. The van der Waals surface area contributed by atoms with Gasteiger partial charge in [-0.2, -0.15) is 0 Å². The minimum absolute atomic E-state index is 0.121. The first kappa shape index (κ1) is 18.0. The molecule has 134 valence electrons. The van der Waals surface area contributed by atoms with Crippen LogP contribution in [0.25, 0.3) is 0 Å². The molecular formula is C23H31NO. The lowest BCUT2D eigenvalue weighted by atomic mass is 9.63. The highest BCUT2D eigenvalue weighted by molar-refractivity contribution is 5.42. The highest BCUT2D eigenvalue weighted by Crippen LogP contribution is 2.49. The normalized spacial score (nSPS) is 20.8. The summed E-state index contributed by atoms with van der Waals surface area (Å²) < 4.78 is 6.38. The lowest BCUT2D eigenvalue weighted by Crippen LogP contribution is -2.53.